The molecule has 0 aliphatic heterocycles. The predicted molar refractivity (Wildman–Crippen MR) is 66.7 cm³/mol. The second kappa shape index (κ2) is 7.78. The summed E-state index contributed by atoms with van der Waals surface area (Å²) in [5, 5.41) is 10.6. The molecule has 7 heteroatoms. The summed E-state index contributed by atoms with van der Waals surface area (Å²) >= 11 is 0. The SMILES string of the molecule is CCCC(N)c1cn(CC(=O)NCCOC)nn1. The Morgan fingerprint density at radius 2 is 2.44 bits per heavy atom. The van der Waals surface area contributed by atoms with E-state index in [-0.39, 0.29) is 18.5 Å². The Balaban J connectivity index is 2.41. The van der Waals surface area contributed by atoms with E-state index in [0.29, 0.717) is 13.2 Å². The van der Waals surface area contributed by atoms with Crippen molar-refractivity contribution >= 4 is 5.91 Å². The zero-order chi connectivity index (χ0) is 13.4. The van der Waals surface area contributed by atoms with Crippen molar-refractivity contribution in [1.82, 2.24) is 20.3 Å². The standard InChI is InChI=1S/C11H21N5O2/c1-3-4-9(12)10-7-16(15-14-10)8-11(17)13-5-6-18-2/h7,9H,3-6,8,12H2,1-2H3,(H,13,17). The van der Waals surface area contributed by atoms with Gasteiger partial charge in [-0.05, 0) is 6.42 Å². The van der Waals surface area contributed by atoms with E-state index in [1.807, 2.05) is 0 Å². The summed E-state index contributed by atoms with van der Waals surface area (Å²) in [7, 11) is 1.59. The van der Waals surface area contributed by atoms with Crippen molar-refractivity contribution in [3.05, 3.63) is 11.9 Å². The second-order valence-electron chi connectivity index (χ2n) is 4.08. The Kier molecular flexibility index (Phi) is 6.31. The van der Waals surface area contributed by atoms with Crippen LogP contribution in [0.5, 0.6) is 0 Å². The van der Waals surface area contributed by atoms with Gasteiger partial charge in [0, 0.05) is 13.7 Å². The van der Waals surface area contributed by atoms with Gasteiger partial charge in [0.15, 0.2) is 0 Å². The van der Waals surface area contributed by atoms with Crippen LogP contribution in [0.2, 0.25) is 0 Å². The summed E-state index contributed by atoms with van der Waals surface area (Å²) in [4.78, 5) is 11.5. The molecule has 0 aliphatic rings. The van der Waals surface area contributed by atoms with E-state index in [0.717, 1.165) is 18.5 Å². The molecule has 1 unspecified atom stereocenters. The van der Waals surface area contributed by atoms with Gasteiger partial charge in [-0.3, -0.25) is 4.79 Å². The lowest BCUT2D eigenvalue weighted by atomic mass is 10.1. The van der Waals surface area contributed by atoms with Crippen LogP contribution >= 0.6 is 0 Å². The number of aromatic nitrogens is 3. The molecule has 0 fully saturated rings. The van der Waals surface area contributed by atoms with Crippen molar-refractivity contribution in [1.29, 1.82) is 0 Å². The van der Waals surface area contributed by atoms with Gasteiger partial charge in [-0.2, -0.15) is 0 Å². The highest BCUT2D eigenvalue weighted by molar-refractivity contribution is 5.75. The highest BCUT2D eigenvalue weighted by atomic mass is 16.5. The quantitative estimate of drug-likeness (QED) is 0.629. The molecule has 0 aromatic carbocycles. The summed E-state index contributed by atoms with van der Waals surface area (Å²) in [6.45, 7) is 3.20. The number of methoxy groups -OCH3 is 1. The minimum absolute atomic E-state index is 0.111. The number of rotatable bonds is 8. The fourth-order valence-electron chi connectivity index (χ4n) is 1.52. The monoisotopic (exact) mass is 255 g/mol. The molecule has 1 aromatic rings. The molecule has 0 saturated carbocycles. The highest BCUT2D eigenvalue weighted by Gasteiger charge is 2.11. The number of ether oxygens (including phenoxy) is 1. The van der Waals surface area contributed by atoms with Crippen molar-refractivity contribution in [3.8, 4) is 0 Å². The van der Waals surface area contributed by atoms with E-state index in [2.05, 4.69) is 22.6 Å². The lowest BCUT2D eigenvalue weighted by molar-refractivity contribution is -0.122. The van der Waals surface area contributed by atoms with Crippen molar-refractivity contribution in [2.24, 2.45) is 5.73 Å². The van der Waals surface area contributed by atoms with E-state index in [1.165, 1.54) is 4.68 Å². The molecule has 1 atom stereocenters. The van der Waals surface area contributed by atoms with Gasteiger partial charge in [0.1, 0.15) is 6.54 Å². The van der Waals surface area contributed by atoms with Gasteiger partial charge in [-0.15, -0.1) is 5.10 Å². The maximum absolute atomic E-state index is 11.5. The fourth-order valence-corrected chi connectivity index (χ4v) is 1.52. The van der Waals surface area contributed by atoms with Gasteiger partial charge in [0.05, 0.1) is 24.5 Å². The molecule has 0 radical (unpaired) electrons. The third kappa shape index (κ3) is 4.80. The van der Waals surface area contributed by atoms with E-state index in [4.69, 9.17) is 10.5 Å². The summed E-state index contributed by atoms with van der Waals surface area (Å²) in [6, 6.07) is -0.111. The summed E-state index contributed by atoms with van der Waals surface area (Å²) < 4.78 is 6.33. The summed E-state index contributed by atoms with van der Waals surface area (Å²) in [6.07, 6.45) is 3.57. The van der Waals surface area contributed by atoms with Crippen molar-refractivity contribution in [3.63, 3.8) is 0 Å². The fraction of sp³-hybridized carbons (Fsp3) is 0.727. The van der Waals surface area contributed by atoms with Gasteiger partial charge >= 0.3 is 0 Å². The molecule has 0 bridgehead atoms. The van der Waals surface area contributed by atoms with E-state index in [1.54, 1.807) is 13.3 Å². The maximum Gasteiger partial charge on any atom is 0.241 e. The normalized spacial score (nSPS) is 12.4. The first-order valence-corrected chi connectivity index (χ1v) is 6.08. The lowest BCUT2D eigenvalue weighted by Crippen LogP contribution is -2.30. The van der Waals surface area contributed by atoms with Gasteiger partial charge < -0.3 is 15.8 Å². The number of amides is 1. The Labute approximate surface area is 107 Å². The molecule has 0 spiro atoms. The van der Waals surface area contributed by atoms with Crippen LogP contribution in [0, 0.1) is 0 Å². The Bertz CT molecular complexity index is 366. The van der Waals surface area contributed by atoms with Crippen molar-refractivity contribution < 1.29 is 9.53 Å². The smallest absolute Gasteiger partial charge is 0.241 e. The molecule has 1 heterocycles. The van der Waals surface area contributed by atoms with Gasteiger partial charge in [-0.1, -0.05) is 18.6 Å². The van der Waals surface area contributed by atoms with Crippen LogP contribution in [0.3, 0.4) is 0 Å². The van der Waals surface area contributed by atoms with Crippen LogP contribution in [0.4, 0.5) is 0 Å². The molecule has 3 N–H and O–H groups in total. The maximum atomic E-state index is 11.5. The molecule has 7 nitrogen and oxygen atoms in total. The second-order valence-corrected chi connectivity index (χ2v) is 4.08. The molecule has 1 amide bonds. The number of carbonyl (C=O) groups excluding carboxylic acids is 1. The number of nitrogens with zero attached hydrogens (tertiary/aromatic N) is 3. The van der Waals surface area contributed by atoms with E-state index in [9.17, 15) is 4.79 Å². The Morgan fingerprint density at radius 1 is 1.67 bits per heavy atom. The number of nitrogens with one attached hydrogen (secondary N) is 1. The number of hydrogen-bond donors (Lipinski definition) is 2. The minimum atomic E-state index is -0.118. The average Bonchev–Trinajstić information content (AvgIpc) is 2.78. The third-order valence-corrected chi connectivity index (χ3v) is 2.47. The molecular formula is C11H21N5O2. The van der Waals surface area contributed by atoms with Gasteiger partial charge in [0.25, 0.3) is 0 Å². The van der Waals surface area contributed by atoms with Gasteiger partial charge in [0.2, 0.25) is 5.91 Å². The first-order chi connectivity index (χ1) is 8.67. The third-order valence-electron chi connectivity index (χ3n) is 2.47. The van der Waals surface area contributed by atoms with Crippen LogP contribution in [-0.4, -0.2) is 41.2 Å². The molecule has 1 rings (SSSR count). The van der Waals surface area contributed by atoms with Crippen LogP contribution in [0.25, 0.3) is 0 Å². The molecule has 18 heavy (non-hydrogen) atoms. The van der Waals surface area contributed by atoms with Crippen molar-refractivity contribution in [2.75, 3.05) is 20.3 Å². The summed E-state index contributed by atoms with van der Waals surface area (Å²) in [5.41, 5.74) is 6.64. The zero-order valence-electron chi connectivity index (χ0n) is 10.9. The predicted octanol–water partition coefficient (Wildman–Crippen LogP) is -0.159. The first kappa shape index (κ1) is 14.6. The van der Waals surface area contributed by atoms with Crippen LogP contribution in [-0.2, 0) is 16.1 Å². The van der Waals surface area contributed by atoms with Crippen molar-refractivity contribution in [2.45, 2.75) is 32.4 Å². The van der Waals surface area contributed by atoms with Crippen LogP contribution in [0.15, 0.2) is 6.20 Å². The molecule has 0 aliphatic carbocycles. The summed E-state index contributed by atoms with van der Waals surface area (Å²) in [5.74, 6) is -0.118. The topological polar surface area (TPSA) is 95.1 Å². The van der Waals surface area contributed by atoms with Crippen LogP contribution < -0.4 is 11.1 Å². The Morgan fingerprint density at radius 3 is 3.11 bits per heavy atom. The lowest BCUT2D eigenvalue weighted by Gasteiger charge is -2.05. The highest BCUT2D eigenvalue weighted by Crippen LogP contribution is 2.11. The number of hydrogen-bond acceptors (Lipinski definition) is 5. The molecule has 102 valence electrons. The number of nitrogens with two attached hydrogens (primary N) is 1. The van der Waals surface area contributed by atoms with E-state index < -0.39 is 0 Å². The minimum Gasteiger partial charge on any atom is -0.383 e. The molecule has 1 aromatic heterocycles. The van der Waals surface area contributed by atoms with Gasteiger partial charge in [-0.25, -0.2) is 4.68 Å². The Hall–Kier alpha value is -1.47. The first-order valence-electron chi connectivity index (χ1n) is 6.08. The largest absolute Gasteiger partial charge is 0.383 e. The van der Waals surface area contributed by atoms with E-state index >= 15 is 0 Å². The van der Waals surface area contributed by atoms with Crippen LogP contribution in [0.1, 0.15) is 31.5 Å². The molecule has 0 saturated heterocycles. The molecular weight excluding hydrogens is 234 g/mol. The average molecular weight is 255 g/mol. The zero-order valence-corrected chi connectivity index (χ0v) is 10.9. The number of carbonyl (C=O) groups is 1.